The Hall–Kier alpha value is 0.110. The van der Waals surface area contributed by atoms with Crippen LogP contribution in [0.5, 0.6) is 0 Å². The van der Waals surface area contributed by atoms with Crippen LogP contribution < -0.4 is 0 Å². The molecule has 1 aromatic heterocycles. The Morgan fingerprint density at radius 1 is 1.20 bits per heavy atom. The van der Waals surface area contributed by atoms with Crippen LogP contribution in [-0.4, -0.2) is 34.5 Å². The monoisotopic (exact) mass is 159 g/mol. The summed E-state index contributed by atoms with van der Waals surface area (Å²) in [5.74, 6) is 0. The molecule has 0 spiro atoms. The Labute approximate surface area is 85.4 Å². The number of benzene rings is 1. The van der Waals surface area contributed by atoms with Gasteiger partial charge in [-0.25, -0.2) is 4.98 Å². The number of nitrogens with zero attached hydrogens (tertiary/aromatic N) is 1. The molecule has 10 heavy (non-hydrogen) atoms. The van der Waals surface area contributed by atoms with Crippen LogP contribution in [-0.2, 0) is 0 Å². The van der Waals surface area contributed by atoms with Gasteiger partial charge in [-0.15, -0.1) is 11.3 Å². The van der Waals surface area contributed by atoms with Gasteiger partial charge >= 0.3 is 29.6 Å². The molecule has 46 valence electrons. The van der Waals surface area contributed by atoms with Gasteiger partial charge in [0.15, 0.2) is 0 Å². The standard InChI is InChI=1S/C7H5NS.Na.H/c1-2-4-7-6(3-1)8-5-9-7;;/h1-5H;;. The predicted molar refractivity (Wildman–Crippen MR) is 46.8 cm³/mol. The molecule has 3 heteroatoms. The second kappa shape index (κ2) is 3.49. The third kappa shape index (κ3) is 1.40. The number of hydrogen-bond donors (Lipinski definition) is 0. The van der Waals surface area contributed by atoms with Gasteiger partial charge < -0.3 is 0 Å². The van der Waals surface area contributed by atoms with Crippen molar-refractivity contribution < 1.29 is 0 Å². The second-order valence-electron chi connectivity index (χ2n) is 1.82. The summed E-state index contributed by atoms with van der Waals surface area (Å²) in [5.41, 5.74) is 2.97. The van der Waals surface area contributed by atoms with Gasteiger partial charge in [0.2, 0.25) is 0 Å². The van der Waals surface area contributed by atoms with Gasteiger partial charge in [-0.3, -0.25) is 0 Å². The smallest absolute Gasteiger partial charge is 0.0812 e. The molecular weight excluding hydrogens is 153 g/mol. The minimum atomic E-state index is 0. The van der Waals surface area contributed by atoms with Gasteiger partial charge in [-0.2, -0.15) is 0 Å². The predicted octanol–water partition coefficient (Wildman–Crippen LogP) is 1.65. The van der Waals surface area contributed by atoms with Crippen molar-refractivity contribution in [2.24, 2.45) is 0 Å². The molecule has 0 saturated carbocycles. The van der Waals surface area contributed by atoms with Gasteiger partial charge in [0, 0.05) is 0 Å². The van der Waals surface area contributed by atoms with Crippen LogP contribution >= 0.6 is 11.3 Å². The van der Waals surface area contributed by atoms with E-state index in [1.807, 2.05) is 23.7 Å². The molecule has 0 bridgehead atoms. The maximum atomic E-state index is 4.14. The molecular formula is C7H6NNaS. The number of aromatic nitrogens is 1. The number of para-hydroxylation sites is 1. The Kier molecular flexibility index (Phi) is 2.86. The molecule has 1 aromatic carbocycles. The third-order valence-corrected chi connectivity index (χ3v) is 2.05. The summed E-state index contributed by atoms with van der Waals surface area (Å²) in [7, 11) is 0. The first-order valence-corrected chi connectivity index (χ1v) is 3.63. The van der Waals surface area contributed by atoms with Crippen LogP contribution in [0.1, 0.15) is 0 Å². The zero-order valence-electron chi connectivity index (χ0n) is 4.74. The summed E-state index contributed by atoms with van der Waals surface area (Å²) in [5, 5.41) is 0. The molecule has 0 aliphatic carbocycles. The summed E-state index contributed by atoms with van der Waals surface area (Å²) >= 11 is 1.68. The molecule has 0 fully saturated rings. The minimum absolute atomic E-state index is 0. The van der Waals surface area contributed by atoms with E-state index in [0.717, 1.165) is 5.52 Å². The summed E-state index contributed by atoms with van der Waals surface area (Å²) in [6.07, 6.45) is 0. The average Bonchev–Trinajstić information content (AvgIpc) is 2.33. The maximum absolute atomic E-state index is 4.14. The van der Waals surface area contributed by atoms with Crippen molar-refractivity contribution in [3.05, 3.63) is 29.8 Å². The van der Waals surface area contributed by atoms with Crippen molar-refractivity contribution in [2.45, 2.75) is 0 Å². The molecule has 1 nitrogen and oxygen atoms in total. The first kappa shape index (κ1) is 8.21. The zero-order valence-corrected chi connectivity index (χ0v) is 5.56. The molecule has 1 heterocycles. The van der Waals surface area contributed by atoms with E-state index in [4.69, 9.17) is 0 Å². The van der Waals surface area contributed by atoms with E-state index in [1.165, 1.54) is 4.70 Å². The SMILES string of the molecule is [NaH].c1ccc2scnc2c1. The molecule has 0 amide bonds. The number of hydrogen-bond acceptors (Lipinski definition) is 2. The van der Waals surface area contributed by atoms with E-state index in [9.17, 15) is 0 Å². The van der Waals surface area contributed by atoms with Crippen LogP contribution in [0.4, 0.5) is 0 Å². The second-order valence-corrected chi connectivity index (χ2v) is 2.71. The van der Waals surface area contributed by atoms with Gasteiger partial charge in [-0.05, 0) is 12.1 Å². The summed E-state index contributed by atoms with van der Waals surface area (Å²) in [4.78, 5) is 4.14. The van der Waals surface area contributed by atoms with Gasteiger partial charge in [-0.1, -0.05) is 12.1 Å². The van der Waals surface area contributed by atoms with Crippen molar-refractivity contribution in [3.8, 4) is 0 Å². The topological polar surface area (TPSA) is 12.9 Å². The van der Waals surface area contributed by atoms with E-state index < -0.39 is 0 Å². The van der Waals surface area contributed by atoms with Crippen molar-refractivity contribution in [3.63, 3.8) is 0 Å². The fourth-order valence-electron chi connectivity index (χ4n) is 0.803. The summed E-state index contributed by atoms with van der Waals surface area (Å²) in [6, 6.07) is 8.13. The molecule has 0 aliphatic rings. The van der Waals surface area contributed by atoms with E-state index in [-0.39, 0.29) is 29.6 Å². The Balaban J connectivity index is 0.000000500. The van der Waals surface area contributed by atoms with Gasteiger partial charge in [0.05, 0.1) is 15.7 Å². The Bertz CT molecular complexity index is 288. The fourth-order valence-corrected chi connectivity index (χ4v) is 1.48. The third-order valence-electron chi connectivity index (χ3n) is 1.24. The number of fused-ring (bicyclic) bond motifs is 1. The Morgan fingerprint density at radius 2 is 2.00 bits per heavy atom. The quantitative estimate of drug-likeness (QED) is 0.532. The van der Waals surface area contributed by atoms with Crippen molar-refractivity contribution >= 4 is 51.1 Å². The molecule has 0 saturated heterocycles. The first-order valence-electron chi connectivity index (χ1n) is 2.75. The number of rotatable bonds is 0. The maximum Gasteiger partial charge on any atom is 0.0812 e. The van der Waals surface area contributed by atoms with Crippen LogP contribution in [0.2, 0.25) is 0 Å². The van der Waals surface area contributed by atoms with Crippen molar-refractivity contribution in [1.82, 2.24) is 4.98 Å². The molecule has 0 radical (unpaired) electrons. The first-order chi connectivity index (χ1) is 4.47. The normalized spacial score (nSPS) is 9.20. The molecule has 2 rings (SSSR count). The van der Waals surface area contributed by atoms with Crippen molar-refractivity contribution in [1.29, 1.82) is 0 Å². The van der Waals surface area contributed by atoms with Gasteiger partial charge in [0.25, 0.3) is 0 Å². The minimum Gasteiger partial charge on any atom is -0.245 e. The molecule has 0 aliphatic heterocycles. The fraction of sp³-hybridized carbons (Fsp3) is 0. The number of thiazole rings is 1. The largest absolute Gasteiger partial charge is 0.245 e. The van der Waals surface area contributed by atoms with E-state index >= 15 is 0 Å². The van der Waals surface area contributed by atoms with Crippen LogP contribution in [0.25, 0.3) is 10.2 Å². The van der Waals surface area contributed by atoms with Crippen LogP contribution in [0, 0.1) is 0 Å². The van der Waals surface area contributed by atoms with E-state index in [0.29, 0.717) is 0 Å². The van der Waals surface area contributed by atoms with E-state index in [2.05, 4.69) is 11.1 Å². The summed E-state index contributed by atoms with van der Waals surface area (Å²) < 4.78 is 1.26. The van der Waals surface area contributed by atoms with Crippen LogP contribution in [0.3, 0.4) is 0 Å². The van der Waals surface area contributed by atoms with Gasteiger partial charge in [0.1, 0.15) is 0 Å². The summed E-state index contributed by atoms with van der Waals surface area (Å²) in [6.45, 7) is 0. The molecule has 0 atom stereocenters. The molecule has 0 unspecified atom stereocenters. The zero-order chi connectivity index (χ0) is 6.10. The van der Waals surface area contributed by atoms with Crippen molar-refractivity contribution in [2.75, 3.05) is 0 Å². The average molecular weight is 159 g/mol. The Morgan fingerprint density at radius 3 is 2.80 bits per heavy atom. The van der Waals surface area contributed by atoms with E-state index in [1.54, 1.807) is 11.3 Å². The molecule has 2 aromatic rings. The molecule has 0 N–H and O–H groups in total. The van der Waals surface area contributed by atoms with Crippen LogP contribution in [0.15, 0.2) is 29.8 Å².